The van der Waals surface area contributed by atoms with Crippen LogP contribution in [0.3, 0.4) is 0 Å². The van der Waals surface area contributed by atoms with Crippen molar-refractivity contribution in [1.82, 2.24) is 4.31 Å². The summed E-state index contributed by atoms with van der Waals surface area (Å²) in [5, 5.41) is 0. The Bertz CT molecular complexity index is 756. The van der Waals surface area contributed by atoms with Gasteiger partial charge in [-0.25, -0.2) is 13.2 Å². The van der Waals surface area contributed by atoms with Gasteiger partial charge in [0, 0.05) is 17.6 Å². The average Bonchev–Trinajstić information content (AvgIpc) is 2.61. The number of piperidine rings is 1. The zero-order valence-electron chi connectivity index (χ0n) is 14.0. The minimum atomic E-state index is -3.75. The van der Waals surface area contributed by atoms with Crippen LogP contribution in [-0.4, -0.2) is 51.5 Å². The van der Waals surface area contributed by atoms with Crippen LogP contribution in [0.2, 0.25) is 0 Å². The maximum Gasteiger partial charge on any atom is 0.339 e. The Hall–Kier alpha value is -1.45. The van der Waals surface area contributed by atoms with Gasteiger partial charge in [-0.1, -0.05) is 0 Å². The first-order valence-electron chi connectivity index (χ1n) is 7.86. The lowest BCUT2D eigenvalue weighted by molar-refractivity contribution is -0.149. The van der Waals surface area contributed by atoms with Gasteiger partial charge in [0.05, 0.1) is 30.1 Å². The fourth-order valence-electron chi connectivity index (χ4n) is 2.67. The van der Waals surface area contributed by atoms with Gasteiger partial charge >= 0.3 is 11.9 Å². The van der Waals surface area contributed by atoms with Crippen LogP contribution in [0.1, 0.15) is 30.1 Å². The number of benzene rings is 1. The zero-order chi connectivity index (χ0) is 18.6. The summed E-state index contributed by atoms with van der Waals surface area (Å²) in [6, 6.07) is 4.23. The molecule has 0 radical (unpaired) electrons. The van der Waals surface area contributed by atoms with Gasteiger partial charge in [-0.2, -0.15) is 4.31 Å². The highest BCUT2D eigenvalue weighted by Crippen LogP contribution is 2.27. The summed E-state index contributed by atoms with van der Waals surface area (Å²) in [6.45, 7) is 2.52. The number of methoxy groups -OCH3 is 1. The number of halogens is 1. The molecular weight excluding hydrogens is 414 g/mol. The first-order chi connectivity index (χ1) is 11.8. The van der Waals surface area contributed by atoms with Crippen molar-refractivity contribution in [2.45, 2.75) is 24.7 Å². The van der Waals surface area contributed by atoms with Crippen LogP contribution >= 0.6 is 15.9 Å². The van der Waals surface area contributed by atoms with E-state index in [0.29, 0.717) is 23.9 Å². The molecule has 0 bridgehead atoms. The molecule has 1 aromatic rings. The molecule has 0 spiro atoms. The molecule has 0 unspecified atom stereocenters. The van der Waals surface area contributed by atoms with Crippen LogP contribution in [0.4, 0.5) is 0 Å². The first-order valence-corrected chi connectivity index (χ1v) is 10.1. The lowest BCUT2D eigenvalue weighted by Gasteiger charge is -2.30. The third kappa shape index (κ3) is 4.39. The van der Waals surface area contributed by atoms with Crippen LogP contribution in [0.25, 0.3) is 0 Å². The molecule has 1 aliphatic heterocycles. The first kappa shape index (κ1) is 19.9. The van der Waals surface area contributed by atoms with Gasteiger partial charge in [0.2, 0.25) is 10.0 Å². The summed E-state index contributed by atoms with van der Waals surface area (Å²) < 4.78 is 37.1. The van der Waals surface area contributed by atoms with Crippen molar-refractivity contribution in [3.05, 3.63) is 28.2 Å². The number of esters is 2. The van der Waals surface area contributed by atoms with E-state index in [4.69, 9.17) is 4.74 Å². The van der Waals surface area contributed by atoms with Crippen molar-refractivity contribution >= 4 is 37.9 Å². The third-order valence-electron chi connectivity index (χ3n) is 4.05. The van der Waals surface area contributed by atoms with E-state index in [2.05, 4.69) is 20.7 Å². The maximum atomic E-state index is 12.8. The van der Waals surface area contributed by atoms with Gasteiger partial charge < -0.3 is 9.47 Å². The molecule has 138 valence electrons. The van der Waals surface area contributed by atoms with E-state index in [1.807, 2.05) is 0 Å². The predicted molar refractivity (Wildman–Crippen MR) is 93.6 cm³/mol. The van der Waals surface area contributed by atoms with Crippen LogP contribution in [0.5, 0.6) is 0 Å². The standard InChI is InChI=1S/C16H20BrNO6S/c1-3-24-15(19)11-6-8-18(9-7-11)25(21,22)12-4-5-14(17)13(10-12)16(20)23-2/h4-5,10-11H,3,6-9H2,1-2H3. The van der Waals surface area contributed by atoms with E-state index < -0.39 is 16.0 Å². The van der Waals surface area contributed by atoms with Gasteiger partial charge in [0.15, 0.2) is 0 Å². The number of hydrogen-bond acceptors (Lipinski definition) is 6. The Morgan fingerprint density at radius 1 is 1.28 bits per heavy atom. The SMILES string of the molecule is CCOC(=O)C1CCN(S(=O)(=O)c2ccc(Br)c(C(=O)OC)c2)CC1. The van der Waals surface area contributed by atoms with E-state index >= 15 is 0 Å². The highest BCUT2D eigenvalue weighted by Gasteiger charge is 2.33. The summed E-state index contributed by atoms with van der Waals surface area (Å²) in [5.41, 5.74) is 0.144. The maximum absolute atomic E-state index is 12.8. The van der Waals surface area contributed by atoms with Crippen LogP contribution < -0.4 is 0 Å². The highest BCUT2D eigenvalue weighted by molar-refractivity contribution is 9.10. The Morgan fingerprint density at radius 3 is 2.48 bits per heavy atom. The predicted octanol–water partition coefficient (Wildman–Crippen LogP) is 2.20. The van der Waals surface area contributed by atoms with Crippen molar-refractivity contribution < 1.29 is 27.5 Å². The molecule has 9 heteroatoms. The molecule has 1 fully saturated rings. The fourth-order valence-corrected chi connectivity index (χ4v) is 4.58. The molecule has 0 amide bonds. The Labute approximate surface area is 155 Å². The Morgan fingerprint density at radius 2 is 1.92 bits per heavy atom. The monoisotopic (exact) mass is 433 g/mol. The van der Waals surface area contributed by atoms with Gasteiger partial charge in [0.25, 0.3) is 0 Å². The number of ether oxygens (including phenoxy) is 2. The second-order valence-electron chi connectivity index (χ2n) is 5.56. The summed E-state index contributed by atoms with van der Waals surface area (Å²) in [4.78, 5) is 23.5. The molecule has 2 rings (SSSR count). The van der Waals surface area contributed by atoms with E-state index in [0.717, 1.165) is 0 Å². The van der Waals surface area contributed by atoms with E-state index in [9.17, 15) is 18.0 Å². The molecule has 0 N–H and O–H groups in total. The molecule has 7 nitrogen and oxygen atoms in total. The minimum Gasteiger partial charge on any atom is -0.466 e. The highest BCUT2D eigenvalue weighted by atomic mass is 79.9. The molecule has 1 aromatic carbocycles. The number of carbonyl (C=O) groups is 2. The molecule has 0 atom stereocenters. The lowest BCUT2D eigenvalue weighted by Crippen LogP contribution is -2.40. The molecule has 0 aromatic heterocycles. The number of nitrogens with zero attached hydrogens (tertiary/aromatic N) is 1. The normalized spacial score (nSPS) is 16.4. The quantitative estimate of drug-likeness (QED) is 0.661. The number of rotatable bonds is 5. The minimum absolute atomic E-state index is 0.0192. The molecule has 25 heavy (non-hydrogen) atoms. The second-order valence-corrected chi connectivity index (χ2v) is 8.36. The van der Waals surface area contributed by atoms with Crippen molar-refractivity contribution in [2.24, 2.45) is 5.92 Å². The lowest BCUT2D eigenvalue weighted by atomic mass is 9.98. The van der Waals surface area contributed by atoms with Crippen LogP contribution in [0.15, 0.2) is 27.6 Å². The molecule has 0 aliphatic carbocycles. The van der Waals surface area contributed by atoms with Crippen molar-refractivity contribution in [3.8, 4) is 0 Å². The van der Waals surface area contributed by atoms with Gasteiger partial charge in [-0.3, -0.25) is 4.79 Å². The zero-order valence-corrected chi connectivity index (χ0v) is 16.4. The molecule has 0 saturated carbocycles. The van der Waals surface area contributed by atoms with Crippen molar-refractivity contribution in [2.75, 3.05) is 26.8 Å². The average molecular weight is 434 g/mol. The molecule has 1 aliphatic rings. The Kier molecular flexibility index (Phi) is 6.59. The van der Waals surface area contributed by atoms with Crippen LogP contribution in [-0.2, 0) is 24.3 Å². The smallest absolute Gasteiger partial charge is 0.339 e. The second kappa shape index (κ2) is 8.29. The van der Waals surface area contributed by atoms with E-state index in [-0.39, 0.29) is 35.4 Å². The van der Waals surface area contributed by atoms with Gasteiger partial charge in [0.1, 0.15) is 0 Å². The summed E-state index contributed by atoms with van der Waals surface area (Å²) >= 11 is 3.21. The summed E-state index contributed by atoms with van der Waals surface area (Å²) in [7, 11) is -2.52. The Balaban J connectivity index is 2.18. The number of hydrogen-bond donors (Lipinski definition) is 0. The summed E-state index contributed by atoms with van der Waals surface area (Å²) in [5.74, 6) is -1.18. The fraction of sp³-hybridized carbons (Fsp3) is 0.500. The van der Waals surface area contributed by atoms with Gasteiger partial charge in [-0.15, -0.1) is 0 Å². The van der Waals surface area contributed by atoms with Gasteiger partial charge in [-0.05, 0) is 53.9 Å². The summed E-state index contributed by atoms with van der Waals surface area (Å²) in [6.07, 6.45) is 0.830. The topological polar surface area (TPSA) is 90.0 Å². The molecule has 1 saturated heterocycles. The third-order valence-corrected chi connectivity index (χ3v) is 6.64. The van der Waals surface area contributed by atoms with E-state index in [1.54, 1.807) is 6.92 Å². The number of sulfonamides is 1. The van der Waals surface area contributed by atoms with Crippen molar-refractivity contribution in [3.63, 3.8) is 0 Å². The van der Waals surface area contributed by atoms with E-state index in [1.165, 1.54) is 29.6 Å². The molecule has 1 heterocycles. The number of carbonyl (C=O) groups excluding carboxylic acids is 2. The largest absolute Gasteiger partial charge is 0.466 e. The van der Waals surface area contributed by atoms with Crippen molar-refractivity contribution in [1.29, 1.82) is 0 Å². The van der Waals surface area contributed by atoms with Crippen LogP contribution in [0, 0.1) is 5.92 Å². The molecular formula is C16H20BrNO6S.